The maximum atomic E-state index is 6.22. The zero-order chi connectivity index (χ0) is 13.8. The van der Waals surface area contributed by atoms with Gasteiger partial charge in [-0.2, -0.15) is 5.10 Å². The molecule has 1 fully saturated rings. The summed E-state index contributed by atoms with van der Waals surface area (Å²) in [6.45, 7) is 6.37. The summed E-state index contributed by atoms with van der Waals surface area (Å²) in [6, 6.07) is 2.83. The van der Waals surface area contributed by atoms with Gasteiger partial charge >= 0.3 is 0 Å². The Morgan fingerprint density at radius 2 is 2.21 bits per heavy atom. The van der Waals surface area contributed by atoms with E-state index in [1.807, 2.05) is 11.7 Å². The topological polar surface area (TPSA) is 21.1 Å². The van der Waals surface area contributed by atoms with Crippen molar-refractivity contribution in [3.8, 4) is 0 Å². The van der Waals surface area contributed by atoms with E-state index in [4.69, 9.17) is 11.6 Å². The molecule has 0 aromatic carbocycles. The molecule has 1 aliphatic rings. The molecule has 3 nitrogen and oxygen atoms in total. The fourth-order valence-corrected chi connectivity index (χ4v) is 3.31. The van der Waals surface area contributed by atoms with E-state index in [9.17, 15) is 0 Å². The Bertz CT molecular complexity index is 400. The fourth-order valence-electron chi connectivity index (χ4n) is 3.11. The number of aryl methyl sites for hydroxylation is 2. The molecule has 0 N–H and O–H groups in total. The first-order chi connectivity index (χ1) is 9.06. The van der Waals surface area contributed by atoms with E-state index < -0.39 is 0 Å². The van der Waals surface area contributed by atoms with Gasteiger partial charge in [0, 0.05) is 25.0 Å². The Hall–Kier alpha value is -0.540. The van der Waals surface area contributed by atoms with Gasteiger partial charge in [0.05, 0.1) is 11.4 Å². The van der Waals surface area contributed by atoms with E-state index in [1.165, 1.54) is 37.9 Å². The molecule has 2 heterocycles. The minimum absolute atomic E-state index is 0.263. The van der Waals surface area contributed by atoms with E-state index in [0.29, 0.717) is 6.04 Å². The van der Waals surface area contributed by atoms with Crippen LogP contribution in [0.15, 0.2) is 6.07 Å². The smallest absolute Gasteiger partial charge is 0.0597 e. The van der Waals surface area contributed by atoms with Gasteiger partial charge in [0.15, 0.2) is 0 Å². The largest absolute Gasteiger partial charge is 0.295 e. The molecule has 19 heavy (non-hydrogen) atoms. The van der Waals surface area contributed by atoms with Gasteiger partial charge in [-0.25, -0.2) is 0 Å². The SMILES string of the molecule is Cc1cc(CN2CCCCCC2CC(C)Cl)n(C)n1. The Balaban J connectivity index is 2.07. The lowest BCUT2D eigenvalue weighted by atomic mass is 10.0. The monoisotopic (exact) mass is 283 g/mol. The molecule has 108 valence electrons. The van der Waals surface area contributed by atoms with Crippen molar-refractivity contribution in [3.63, 3.8) is 0 Å². The minimum atomic E-state index is 0.263. The third-order valence-corrected chi connectivity index (χ3v) is 4.24. The van der Waals surface area contributed by atoms with Gasteiger partial charge in [-0.1, -0.05) is 12.8 Å². The molecule has 4 heteroatoms. The maximum absolute atomic E-state index is 6.22. The lowest BCUT2D eigenvalue weighted by Gasteiger charge is -2.30. The molecule has 0 spiro atoms. The maximum Gasteiger partial charge on any atom is 0.0597 e. The Morgan fingerprint density at radius 1 is 1.42 bits per heavy atom. The summed E-state index contributed by atoms with van der Waals surface area (Å²) in [7, 11) is 2.04. The van der Waals surface area contributed by atoms with Crippen LogP contribution < -0.4 is 0 Å². The summed E-state index contributed by atoms with van der Waals surface area (Å²) in [5, 5.41) is 4.71. The van der Waals surface area contributed by atoms with Crippen LogP contribution in [0.3, 0.4) is 0 Å². The summed E-state index contributed by atoms with van der Waals surface area (Å²) in [5.41, 5.74) is 2.42. The van der Waals surface area contributed by atoms with E-state index in [2.05, 4.69) is 29.9 Å². The Morgan fingerprint density at radius 3 is 2.84 bits per heavy atom. The van der Waals surface area contributed by atoms with Gasteiger partial charge in [-0.15, -0.1) is 11.6 Å². The highest BCUT2D eigenvalue weighted by molar-refractivity contribution is 6.20. The molecule has 2 rings (SSSR count). The highest BCUT2D eigenvalue weighted by Crippen LogP contribution is 2.23. The van der Waals surface area contributed by atoms with Gasteiger partial charge in [-0.05, 0) is 45.7 Å². The number of halogens is 1. The molecule has 2 atom stereocenters. The normalized spacial score (nSPS) is 23.3. The predicted octanol–water partition coefficient (Wildman–Crippen LogP) is 3.49. The minimum Gasteiger partial charge on any atom is -0.295 e. The summed E-state index contributed by atoms with van der Waals surface area (Å²) < 4.78 is 2.02. The standard InChI is InChI=1S/C15H26ClN3/c1-12(16)9-14-7-5-4-6-8-19(14)11-15-10-13(2)17-18(15)3/h10,12,14H,4-9,11H2,1-3H3. The van der Waals surface area contributed by atoms with Crippen LogP contribution in [0.5, 0.6) is 0 Å². The summed E-state index contributed by atoms with van der Waals surface area (Å²) >= 11 is 6.22. The molecule has 0 bridgehead atoms. The van der Waals surface area contributed by atoms with E-state index in [1.54, 1.807) is 0 Å². The highest BCUT2D eigenvalue weighted by Gasteiger charge is 2.23. The number of rotatable bonds is 4. The lowest BCUT2D eigenvalue weighted by Crippen LogP contribution is -2.36. The van der Waals surface area contributed by atoms with Crippen molar-refractivity contribution in [3.05, 3.63) is 17.5 Å². The van der Waals surface area contributed by atoms with Crippen LogP contribution >= 0.6 is 11.6 Å². The highest BCUT2D eigenvalue weighted by atomic mass is 35.5. The number of hydrogen-bond acceptors (Lipinski definition) is 2. The van der Waals surface area contributed by atoms with Crippen molar-refractivity contribution in [1.29, 1.82) is 0 Å². The summed E-state index contributed by atoms with van der Waals surface area (Å²) in [6.07, 6.45) is 6.39. The molecule has 0 amide bonds. The van der Waals surface area contributed by atoms with Crippen molar-refractivity contribution in [2.75, 3.05) is 6.54 Å². The molecule has 2 unspecified atom stereocenters. The van der Waals surface area contributed by atoms with Gasteiger partial charge in [-0.3, -0.25) is 9.58 Å². The first-order valence-corrected chi connectivity index (χ1v) is 7.87. The molecule has 1 aliphatic heterocycles. The quantitative estimate of drug-likeness (QED) is 0.789. The summed E-state index contributed by atoms with van der Waals surface area (Å²) in [4.78, 5) is 2.61. The average molecular weight is 284 g/mol. The second-order valence-electron chi connectivity index (χ2n) is 5.89. The van der Waals surface area contributed by atoms with Crippen LogP contribution in [0.1, 0.15) is 50.4 Å². The van der Waals surface area contributed by atoms with Gasteiger partial charge in [0.2, 0.25) is 0 Å². The lowest BCUT2D eigenvalue weighted by molar-refractivity contribution is 0.177. The average Bonchev–Trinajstić information content (AvgIpc) is 2.51. The molecule has 0 saturated carbocycles. The van der Waals surface area contributed by atoms with Crippen LogP contribution in [-0.2, 0) is 13.6 Å². The second kappa shape index (κ2) is 6.76. The van der Waals surface area contributed by atoms with E-state index >= 15 is 0 Å². The first-order valence-electron chi connectivity index (χ1n) is 7.44. The zero-order valence-electron chi connectivity index (χ0n) is 12.4. The van der Waals surface area contributed by atoms with Crippen LogP contribution in [0.2, 0.25) is 0 Å². The van der Waals surface area contributed by atoms with Crippen molar-refractivity contribution >= 4 is 11.6 Å². The van der Waals surface area contributed by atoms with Gasteiger partial charge < -0.3 is 0 Å². The number of alkyl halides is 1. The van der Waals surface area contributed by atoms with Crippen LogP contribution in [-0.4, -0.2) is 32.6 Å². The second-order valence-corrected chi connectivity index (χ2v) is 6.64. The van der Waals surface area contributed by atoms with Crippen LogP contribution in [0, 0.1) is 6.92 Å². The van der Waals surface area contributed by atoms with Crippen molar-refractivity contribution < 1.29 is 0 Å². The van der Waals surface area contributed by atoms with Gasteiger partial charge in [0.1, 0.15) is 0 Å². The number of aromatic nitrogens is 2. The fraction of sp³-hybridized carbons (Fsp3) is 0.800. The molecular weight excluding hydrogens is 258 g/mol. The summed E-state index contributed by atoms with van der Waals surface area (Å²) in [5.74, 6) is 0. The van der Waals surface area contributed by atoms with Gasteiger partial charge in [0.25, 0.3) is 0 Å². The molecule has 1 aromatic heterocycles. The van der Waals surface area contributed by atoms with Crippen LogP contribution in [0.4, 0.5) is 0 Å². The molecule has 1 aromatic rings. The Kier molecular flexibility index (Phi) is 5.28. The zero-order valence-corrected chi connectivity index (χ0v) is 13.2. The predicted molar refractivity (Wildman–Crippen MR) is 80.5 cm³/mol. The van der Waals surface area contributed by atoms with E-state index in [-0.39, 0.29) is 5.38 Å². The van der Waals surface area contributed by atoms with Crippen molar-refractivity contribution in [1.82, 2.24) is 14.7 Å². The first kappa shape index (κ1) is 14.9. The Labute approximate surface area is 121 Å². The third-order valence-electron chi connectivity index (χ3n) is 4.06. The molecule has 0 aliphatic carbocycles. The van der Waals surface area contributed by atoms with E-state index in [0.717, 1.165) is 18.7 Å². The van der Waals surface area contributed by atoms with Crippen LogP contribution in [0.25, 0.3) is 0 Å². The van der Waals surface area contributed by atoms with Crippen molar-refractivity contribution in [2.45, 2.75) is 63.9 Å². The van der Waals surface area contributed by atoms with Crippen molar-refractivity contribution in [2.24, 2.45) is 7.05 Å². The third kappa shape index (κ3) is 4.22. The number of hydrogen-bond donors (Lipinski definition) is 0. The molecular formula is C15H26ClN3. The number of likely N-dealkylation sites (tertiary alicyclic amines) is 1. The molecule has 0 radical (unpaired) electrons. The number of nitrogens with zero attached hydrogens (tertiary/aromatic N) is 3. The molecule has 1 saturated heterocycles.